The van der Waals surface area contributed by atoms with Crippen LogP contribution in [-0.2, 0) is 11.8 Å². The van der Waals surface area contributed by atoms with Gasteiger partial charge < -0.3 is 5.11 Å². The summed E-state index contributed by atoms with van der Waals surface area (Å²) >= 11 is 1.21. The first-order chi connectivity index (χ1) is 8.95. The molecule has 0 saturated carbocycles. The maximum atomic E-state index is 10.7. The molecule has 1 N–H and O–H groups in total. The van der Waals surface area contributed by atoms with E-state index >= 15 is 0 Å². The highest BCUT2D eigenvalue weighted by atomic mass is 32.2. The van der Waals surface area contributed by atoms with Gasteiger partial charge in [0.05, 0.1) is 17.5 Å². The first-order valence-electron chi connectivity index (χ1n) is 5.84. The molecule has 2 aromatic rings. The average molecular weight is 280 g/mol. The Morgan fingerprint density at radius 2 is 2.32 bits per heavy atom. The predicted molar refractivity (Wildman–Crippen MR) is 74.5 cm³/mol. The SMILES string of the molecule is C=CC(C)n1c(SCC(=O)O)nc2c(C)nn(C)c21. The van der Waals surface area contributed by atoms with E-state index in [1.54, 1.807) is 10.8 Å². The highest BCUT2D eigenvalue weighted by molar-refractivity contribution is 7.99. The number of thioether (sulfide) groups is 1. The summed E-state index contributed by atoms with van der Waals surface area (Å²) in [7, 11) is 1.86. The van der Waals surface area contributed by atoms with Gasteiger partial charge in [0.25, 0.3) is 0 Å². The lowest BCUT2D eigenvalue weighted by Gasteiger charge is -2.13. The molecule has 1 atom stereocenters. The summed E-state index contributed by atoms with van der Waals surface area (Å²) < 4.78 is 3.73. The van der Waals surface area contributed by atoms with Crippen molar-refractivity contribution >= 4 is 28.9 Å². The molecule has 0 aromatic carbocycles. The molecule has 2 rings (SSSR count). The van der Waals surface area contributed by atoms with E-state index in [1.165, 1.54) is 11.8 Å². The highest BCUT2D eigenvalue weighted by Crippen LogP contribution is 2.29. The normalized spacial score (nSPS) is 12.8. The molecule has 0 aliphatic rings. The number of hydrogen-bond donors (Lipinski definition) is 1. The maximum Gasteiger partial charge on any atom is 0.313 e. The molecular formula is C12H16N4O2S. The fraction of sp³-hybridized carbons (Fsp3) is 0.417. The third kappa shape index (κ3) is 2.37. The molecule has 0 spiro atoms. The van der Waals surface area contributed by atoms with E-state index in [0.29, 0.717) is 5.16 Å². The topological polar surface area (TPSA) is 72.9 Å². The molecule has 7 heteroatoms. The zero-order valence-corrected chi connectivity index (χ0v) is 11.9. The Kier molecular flexibility index (Phi) is 3.66. The Morgan fingerprint density at radius 3 is 2.89 bits per heavy atom. The second kappa shape index (κ2) is 5.08. The van der Waals surface area contributed by atoms with Crippen LogP contribution in [0.15, 0.2) is 17.8 Å². The van der Waals surface area contributed by atoms with Crippen LogP contribution in [0.3, 0.4) is 0 Å². The van der Waals surface area contributed by atoms with Gasteiger partial charge in [-0.15, -0.1) is 6.58 Å². The summed E-state index contributed by atoms with van der Waals surface area (Å²) in [5.41, 5.74) is 2.53. The van der Waals surface area contributed by atoms with E-state index in [1.807, 2.05) is 25.5 Å². The number of carboxylic acid groups (broad SMARTS) is 1. The number of carbonyl (C=O) groups is 1. The summed E-state index contributed by atoms with van der Waals surface area (Å²) in [4.78, 5) is 15.2. The van der Waals surface area contributed by atoms with E-state index in [0.717, 1.165) is 16.9 Å². The van der Waals surface area contributed by atoms with Crippen LogP contribution >= 0.6 is 11.8 Å². The fourth-order valence-electron chi connectivity index (χ4n) is 1.98. The van der Waals surface area contributed by atoms with Gasteiger partial charge in [0.15, 0.2) is 10.8 Å². The highest BCUT2D eigenvalue weighted by Gasteiger charge is 2.20. The third-order valence-corrected chi connectivity index (χ3v) is 3.81. The molecule has 6 nitrogen and oxygen atoms in total. The van der Waals surface area contributed by atoms with E-state index in [4.69, 9.17) is 5.11 Å². The van der Waals surface area contributed by atoms with Gasteiger partial charge in [0.1, 0.15) is 5.52 Å². The van der Waals surface area contributed by atoms with Gasteiger partial charge in [-0.05, 0) is 13.8 Å². The first kappa shape index (κ1) is 13.7. The molecule has 0 radical (unpaired) electrons. The Balaban J connectivity index is 2.58. The van der Waals surface area contributed by atoms with E-state index < -0.39 is 5.97 Å². The number of aliphatic carboxylic acids is 1. The number of fused-ring (bicyclic) bond motifs is 1. The van der Waals surface area contributed by atoms with Crippen molar-refractivity contribution in [2.75, 3.05) is 5.75 Å². The van der Waals surface area contributed by atoms with Crippen LogP contribution in [-0.4, -0.2) is 36.2 Å². The molecule has 1 unspecified atom stereocenters. The minimum absolute atomic E-state index is 0.0142. The molecule has 0 saturated heterocycles. The van der Waals surface area contributed by atoms with Gasteiger partial charge in [-0.1, -0.05) is 17.8 Å². The quantitative estimate of drug-likeness (QED) is 0.670. The number of imidazole rings is 1. The van der Waals surface area contributed by atoms with Crippen molar-refractivity contribution in [3.63, 3.8) is 0 Å². The van der Waals surface area contributed by atoms with Crippen LogP contribution in [0.5, 0.6) is 0 Å². The van der Waals surface area contributed by atoms with Crippen LogP contribution < -0.4 is 0 Å². The number of carboxylic acids is 1. The minimum Gasteiger partial charge on any atom is -0.481 e. The third-order valence-electron chi connectivity index (χ3n) is 2.88. The molecule has 0 bridgehead atoms. The molecule has 0 amide bonds. The number of nitrogens with zero attached hydrogens (tertiary/aromatic N) is 4. The van der Waals surface area contributed by atoms with Crippen LogP contribution in [0.2, 0.25) is 0 Å². The van der Waals surface area contributed by atoms with Crippen molar-refractivity contribution in [1.82, 2.24) is 19.3 Å². The molecule has 2 aromatic heterocycles. The molecule has 102 valence electrons. The summed E-state index contributed by atoms with van der Waals surface area (Å²) in [5, 5.41) is 13.8. The maximum absolute atomic E-state index is 10.7. The van der Waals surface area contributed by atoms with Gasteiger partial charge in [-0.25, -0.2) is 4.98 Å². The van der Waals surface area contributed by atoms with Gasteiger partial charge >= 0.3 is 5.97 Å². The zero-order valence-electron chi connectivity index (χ0n) is 11.1. The molecule has 2 heterocycles. The number of aromatic nitrogens is 4. The van der Waals surface area contributed by atoms with Crippen molar-refractivity contribution in [3.05, 3.63) is 18.3 Å². The Labute approximate surface area is 115 Å². The molecule has 0 aliphatic carbocycles. The standard InChI is InChI=1S/C12H16N4O2S/c1-5-7(2)16-11-10(8(3)14-15(11)4)13-12(16)19-6-9(17)18/h5,7H,1,6H2,2-4H3,(H,17,18). The number of aryl methyl sites for hydroxylation is 2. The number of rotatable bonds is 5. The van der Waals surface area contributed by atoms with Gasteiger partial charge in [-0.3, -0.25) is 14.0 Å². The van der Waals surface area contributed by atoms with Crippen LogP contribution in [0.25, 0.3) is 11.2 Å². The largest absolute Gasteiger partial charge is 0.481 e. The first-order valence-corrected chi connectivity index (χ1v) is 6.83. The second-order valence-corrected chi connectivity index (χ2v) is 5.25. The smallest absolute Gasteiger partial charge is 0.313 e. The minimum atomic E-state index is -0.857. The van der Waals surface area contributed by atoms with Gasteiger partial charge in [0.2, 0.25) is 0 Å². The van der Waals surface area contributed by atoms with Gasteiger partial charge in [0, 0.05) is 7.05 Å². The summed E-state index contributed by atoms with van der Waals surface area (Å²) in [6, 6.07) is 0.0242. The van der Waals surface area contributed by atoms with Gasteiger partial charge in [-0.2, -0.15) is 5.10 Å². The van der Waals surface area contributed by atoms with Crippen molar-refractivity contribution in [2.24, 2.45) is 7.05 Å². The van der Waals surface area contributed by atoms with Crippen molar-refractivity contribution < 1.29 is 9.90 Å². The second-order valence-electron chi connectivity index (χ2n) is 4.30. The zero-order chi connectivity index (χ0) is 14.2. The molecule has 19 heavy (non-hydrogen) atoms. The van der Waals surface area contributed by atoms with E-state index in [-0.39, 0.29) is 11.8 Å². The van der Waals surface area contributed by atoms with Crippen LogP contribution in [0, 0.1) is 6.92 Å². The lowest BCUT2D eigenvalue weighted by molar-refractivity contribution is -0.133. The number of allylic oxidation sites excluding steroid dienone is 1. The summed E-state index contributed by atoms with van der Waals surface area (Å²) in [6.45, 7) is 7.67. The summed E-state index contributed by atoms with van der Waals surface area (Å²) in [5.74, 6) is -0.871. The molecule has 0 aliphatic heterocycles. The average Bonchev–Trinajstić information content (AvgIpc) is 2.85. The lowest BCUT2D eigenvalue weighted by Crippen LogP contribution is -2.09. The van der Waals surface area contributed by atoms with Crippen molar-refractivity contribution in [2.45, 2.75) is 25.0 Å². The lowest BCUT2D eigenvalue weighted by atomic mass is 10.3. The summed E-state index contributed by atoms with van der Waals surface area (Å²) in [6.07, 6.45) is 1.80. The fourth-order valence-corrected chi connectivity index (χ4v) is 2.78. The van der Waals surface area contributed by atoms with Crippen LogP contribution in [0.1, 0.15) is 18.7 Å². The van der Waals surface area contributed by atoms with E-state index in [2.05, 4.69) is 16.7 Å². The Morgan fingerprint density at radius 1 is 1.63 bits per heavy atom. The molecule has 0 fully saturated rings. The Hall–Kier alpha value is -1.76. The van der Waals surface area contributed by atoms with Crippen molar-refractivity contribution in [1.29, 1.82) is 0 Å². The van der Waals surface area contributed by atoms with E-state index in [9.17, 15) is 4.79 Å². The predicted octanol–water partition coefficient (Wildman–Crippen LogP) is 2.00. The monoisotopic (exact) mass is 280 g/mol. The van der Waals surface area contributed by atoms with Crippen molar-refractivity contribution in [3.8, 4) is 0 Å². The molecular weight excluding hydrogens is 264 g/mol. The Bertz CT molecular complexity index is 644. The van der Waals surface area contributed by atoms with Crippen LogP contribution in [0.4, 0.5) is 0 Å². The number of hydrogen-bond acceptors (Lipinski definition) is 4.